The highest BCUT2D eigenvalue weighted by molar-refractivity contribution is 5.82. The molecule has 0 spiro atoms. The molecule has 0 aliphatic carbocycles. The van der Waals surface area contributed by atoms with Crippen LogP contribution in [0.2, 0.25) is 0 Å². The lowest BCUT2D eigenvalue weighted by Gasteiger charge is -2.28. The number of nitrogens with zero attached hydrogens (tertiary/aromatic N) is 1. The van der Waals surface area contributed by atoms with Crippen LogP contribution in [-0.2, 0) is 10.2 Å². The standard InChI is InChI=1S/C16H21NO/c1-11(8-9-18)13-6-7-15-14(10-13)16(3,4)12(2)17(15)5/h6-10,12H,1-5H3. The van der Waals surface area contributed by atoms with Crippen LogP contribution in [0.15, 0.2) is 24.3 Å². The molecule has 1 unspecified atom stereocenters. The molecule has 0 aromatic heterocycles. The van der Waals surface area contributed by atoms with Crippen molar-refractivity contribution in [3.05, 3.63) is 35.4 Å². The molecule has 1 aromatic carbocycles. The van der Waals surface area contributed by atoms with Gasteiger partial charge < -0.3 is 4.90 Å². The molecule has 1 aromatic rings. The molecule has 2 rings (SSSR count). The zero-order chi connectivity index (χ0) is 13.5. The lowest BCUT2D eigenvalue weighted by atomic mass is 9.80. The van der Waals surface area contributed by atoms with Crippen LogP contribution in [0.1, 0.15) is 38.8 Å². The Morgan fingerprint density at radius 3 is 2.67 bits per heavy atom. The number of allylic oxidation sites excluding steroid dienone is 2. The third-order valence-electron chi connectivity index (χ3n) is 4.47. The van der Waals surface area contributed by atoms with Crippen LogP contribution in [-0.4, -0.2) is 19.4 Å². The summed E-state index contributed by atoms with van der Waals surface area (Å²) >= 11 is 0. The van der Waals surface area contributed by atoms with E-state index in [1.54, 1.807) is 6.08 Å². The van der Waals surface area contributed by atoms with Crippen LogP contribution in [0.4, 0.5) is 5.69 Å². The van der Waals surface area contributed by atoms with E-state index in [2.05, 4.69) is 50.9 Å². The van der Waals surface area contributed by atoms with Crippen molar-refractivity contribution in [2.45, 2.75) is 39.2 Å². The molecule has 0 radical (unpaired) electrons. The Balaban J connectivity index is 2.55. The van der Waals surface area contributed by atoms with Crippen LogP contribution < -0.4 is 4.90 Å². The molecule has 2 heteroatoms. The molecule has 1 heterocycles. The fraction of sp³-hybridized carbons (Fsp3) is 0.438. The Kier molecular flexibility index (Phi) is 3.05. The van der Waals surface area contributed by atoms with E-state index < -0.39 is 0 Å². The summed E-state index contributed by atoms with van der Waals surface area (Å²) < 4.78 is 0. The fourth-order valence-electron chi connectivity index (χ4n) is 2.72. The molecule has 0 fully saturated rings. The summed E-state index contributed by atoms with van der Waals surface area (Å²) in [5.41, 5.74) is 4.97. The van der Waals surface area contributed by atoms with Crippen LogP contribution >= 0.6 is 0 Å². The van der Waals surface area contributed by atoms with Crippen LogP contribution in [0.3, 0.4) is 0 Å². The van der Waals surface area contributed by atoms with Crippen molar-refractivity contribution in [2.24, 2.45) is 0 Å². The monoisotopic (exact) mass is 243 g/mol. The van der Waals surface area contributed by atoms with Gasteiger partial charge in [0.1, 0.15) is 6.29 Å². The van der Waals surface area contributed by atoms with E-state index in [1.165, 1.54) is 11.3 Å². The maximum Gasteiger partial charge on any atom is 0.143 e. The first-order valence-corrected chi connectivity index (χ1v) is 6.39. The number of anilines is 1. The molecule has 0 N–H and O–H groups in total. The average molecular weight is 243 g/mol. The maximum atomic E-state index is 10.6. The lowest BCUT2D eigenvalue weighted by molar-refractivity contribution is -0.104. The highest BCUT2D eigenvalue weighted by Crippen LogP contribution is 2.44. The van der Waals surface area contributed by atoms with Crippen molar-refractivity contribution >= 4 is 17.5 Å². The third-order valence-corrected chi connectivity index (χ3v) is 4.47. The molecule has 1 atom stereocenters. The van der Waals surface area contributed by atoms with Gasteiger partial charge in [-0.05, 0) is 48.8 Å². The van der Waals surface area contributed by atoms with Gasteiger partial charge in [0.2, 0.25) is 0 Å². The van der Waals surface area contributed by atoms with Crippen molar-refractivity contribution in [3.8, 4) is 0 Å². The summed E-state index contributed by atoms with van der Waals surface area (Å²) in [5, 5.41) is 0. The second kappa shape index (κ2) is 4.27. The minimum atomic E-state index is 0.140. The third kappa shape index (κ3) is 1.76. The normalized spacial score (nSPS) is 21.9. The average Bonchev–Trinajstić information content (AvgIpc) is 2.51. The number of fused-ring (bicyclic) bond motifs is 1. The highest BCUT2D eigenvalue weighted by Gasteiger charge is 2.40. The van der Waals surface area contributed by atoms with Gasteiger partial charge >= 0.3 is 0 Å². The SMILES string of the molecule is CC(=CC=O)c1ccc2c(c1)C(C)(C)C(C)N2C. The number of carbonyl (C=O) groups is 1. The Bertz CT molecular complexity index is 514. The van der Waals surface area contributed by atoms with Gasteiger partial charge in [0.15, 0.2) is 0 Å². The van der Waals surface area contributed by atoms with Gasteiger partial charge in [-0.15, -0.1) is 0 Å². The Morgan fingerprint density at radius 1 is 1.39 bits per heavy atom. The van der Waals surface area contributed by atoms with Gasteiger partial charge in [0.05, 0.1) is 0 Å². The van der Waals surface area contributed by atoms with Crippen LogP contribution in [0.25, 0.3) is 5.57 Å². The summed E-state index contributed by atoms with van der Waals surface area (Å²) in [6, 6.07) is 6.97. The van der Waals surface area contributed by atoms with Crippen molar-refractivity contribution < 1.29 is 4.79 Å². The molecule has 0 bridgehead atoms. The molecular formula is C16H21NO. The zero-order valence-electron chi connectivity index (χ0n) is 11.8. The quantitative estimate of drug-likeness (QED) is 0.586. The van der Waals surface area contributed by atoms with E-state index in [0.29, 0.717) is 6.04 Å². The topological polar surface area (TPSA) is 20.3 Å². The molecule has 0 saturated heterocycles. The second-order valence-electron chi connectivity index (χ2n) is 5.73. The first-order valence-electron chi connectivity index (χ1n) is 6.39. The van der Waals surface area contributed by atoms with E-state index in [4.69, 9.17) is 0 Å². The van der Waals surface area contributed by atoms with Crippen LogP contribution in [0, 0.1) is 0 Å². The number of carbonyl (C=O) groups excluding carboxylic acids is 1. The summed E-state index contributed by atoms with van der Waals surface area (Å²) in [7, 11) is 2.14. The first-order chi connectivity index (χ1) is 8.39. The maximum absolute atomic E-state index is 10.6. The van der Waals surface area contributed by atoms with E-state index in [1.807, 2.05) is 6.92 Å². The van der Waals surface area contributed by atoms with E-state index in [9.17, 15) is 4.79 Å². The molecule has 0 amide bonds. The summed E-state index contributed by atoms with van der Waals surface area (Å²) in [5.74, 6) is 0. The van der Waals surface area contributed by atoms with Crippen molar-refractivity contribution in [3.63, 3.8) is 0 Å². The second-order valence-corrected chi connectivity index (χ2v) is 5.73. The van der Waals surface area contributed by atoms with Crippen molar-refractivity contribution in [2.75, 3.05) is 11.9 Å². The predicted molar refractivity (Wildman–Crippen MR) is 77.0 cm³/mol. The van der Waals surface area contributed by atoms with Gasteiger partial charge in [-0.3, -0.25) is 4.79 Å². The first kappa shape index (κ1) is 12.9. The fourth-order valence-corrected chi connectivity index (χ4v) is 2.72. The summed E-state index contributed by atoms with van der Waals surface area (Å²) in [6.45, 7) is 8.80. The molecule has 0 saturated carbocycles. The van der Waals surface area contributed by atoms with Gasteiger partial charge in [-0.25, -0.2) is 0 Å². The van der Waals surface area contributed by atoms with E-state index in [0.717, 1.165) is 17.4 Å². The highest BCUT2D eigenvalue weighted by atomic mass is 16.1. The number of hydrogen-bond donors (Lipinski definition) is 0. The molecule has 1 aliphatic heterocycles. The number of likely N-dealkylation sites (N-methyl/N-ethyl adjacent to an activating group) is 1. The van der Waals surface area contributed by atoms with E-state index >= 15 is 0 Å². The summed E-state index contributed by atoms with van der Waals surface area (Å²) in [4.78, 5) is 12.9. The largest absolute Gasteiger partial charge is 0.371 e. The molecule has 1 aliphatic rings. The van der Waals surface area contributed by atoms with Gasteiger partial charge in [-0.1, -0.05) is 19.9 Å². The van der Waals surface area contributed by atoms with Crippen molar-refractivity contribution in [1.82, 2.24) is 0 Å². The molecular weight excluding hydrogens is 222 g/mol. The summed E-state index contributed by atoms with van der Waals surface area (Å²) in [6.07, 6.45) is 2.47. The van der Waals surface area contributed by atoms with Gasteiger partial charge in [0, 0.05) is 24.2 Å². The smallest absolute Gasteiger partial charge is 0.143 e. The number of hydrogen-bond acceptors (Lipinski definition) is 2. The van der Waals surface area contributed by atoms with Crippen LogP contribution in [0.5, 0.6) is 0 Å². The molecule has 96 valence electrons. The Labute approximate surface area is 109 Å². The minimum absolute atomic E-state index is 0.140. The van der Waals surface area contributed by atoms with Gasteiger partial charge in [0.25, 0.3) is 0 Å². The minimum Gasteiger partial charge on any atom is -0.371 e. The number of rotatable bonds is 2. The molecule has 18 heavy (non-hydrogen) atoms. The van der Waals surface area contributed by atoms with E-state index in [-0.39, 0.29) is 5.41 Å². The van der Waals surface area contributed by atoms with Crippen molar-refractivity contribution in [1.29, 1.82) is 0 Å². The predicted octanol–water partition coefficient (Wildman–Crippen LogP) is 3.40. The Hall–Kier alpha value is -1.57. The van der Waals surface area contributed by atoms with Gasteiger partial charge in [-0.2, -0.15) is 0 Å². The molecule has 2 nitrogen and oxygen atoms in total. The number of benzene rings is 1. The Morgan fingerprint density at radius 2 is 2.06 bits per heavy atom. The number of aldehydes is 1. The zero-order valence-corrected chi connectivity index (χ0v) is 11.8. The lowest BCUT2D eigenvalue weighted by Crippen LogP contribution is -2.36.